The average molecular weight is 232 g/mol. The third-order valence-corrected chi connectivity index (χ3v) is 1.98. The number of nitrogen functional groups attached to an aromatic ring is 1. The molecule has 1 aromatic rings. The highest BCUT2D eigenvalue weighted by Gasteiger charge is 2.15. The summed E-state index contributed by atoms with van der Waals surface area (Å²) in [6, 6.07) is 0.935. The third-order valence-electron chi connectivity index (χ3n) is 1.98. The maximum Gasteiger partial charge on any atom is 0.310 e. The van der Waals surface area contributed by atoms with Crippen molar-refractivity contribution >= 4 is 11.7 Å². The number of esters is 1. The molecule has 0 spiro atoms. The van der Waals surface area contributed by atoms with Gasteiger partial charge in [0.2, 0.25) is 0 Å². The predicted molar refractivity (Wildman–Crippen MR) is 52.2 cm³/mol. The second-order valence-electron chi connectivity index (χ2n) is 3.04. The van der Waals surface area contributed by atoms with E-state index in [9.17, 15) is 18.4 Å². The number of carbonyl (C=O) groups excluding carboxylic acids is 1. The number of hydrogen-bond donors (Lipinski definition) is 2. The minimum atomic E-state index is -2.82. The molecule has 1 heterocycles. The smallest absolute Gasteiger partial charge is 0.310 e. The fourth-order valence-electron chi connectivity index (χ4n) is 1.14. The van der Waals surface area contributed by atoms with E-state index in [4.69, 9.17) is 5.73 Å². The number of halogens is 2. The lowest BCUT2D eigenvalue weighted by molar-refractivity contribution is -0.139. The molecule has 0 aromatic carbocycles. The van der Waals surface area contributed by atoms with Gasteiger partial charge in [-0.15, -0.1) is 0 Å². The standard InChI is InChI=1S/C9H10F2N2O3/c1-16-7(14)2-4-5(12)3-6(8(10)11)13-9(4)15/h3,8H,2H2,1H3,(H3,12,13,15). The molecule has 1 rings (SSSR count). The first-order valence-electron chi connectivity index (χ1n) is 4.32. The molecular weight excluding hydrogens is 222 g/mol. The van der Waals surface area contributed by atoms with Gasteiger partial charge in [-0.2, -0.15) is 0 Å². The van der Waals surface area contributed by atoms with Crippen molar-refractivity contribution in [2.45, 2.75) is 12.8 Å². The molecule has 0 saturated carbocycles. The number of methoxy groups -OCH3 is 1. The van der Waals surface area contributed by atoms with E-state index in [1.165, 1.54) is 0 Å². The molecular formula is C9H10F2N2O3. The topological polar surface area (TPSA) is 85.2 Å². The summed E-state index contributed by atoms with van der Waals surface area (Å²) in [5.41, 5.74) is 3.80. The zero-order valence-electron chi connectivity index (χ0n) is 8.42. The maximum absolute atomic E-state index is 12.3. The van der Waals surface area contributed by atoms with Crippen LogP contribution >= 0.6 is 0 Å². The van der Waals surface area contributed by atoms with Crippen LogP contribution in [-0.4, -0.2) is 18.1 Å². The van der Waals surface area contributed by atoms with Crippen LogP contribution in [-0.2, 0) is 16.0 Å². The van der Waals surface area contributed by atoms with Gasteiger partial charge in [-0.25, -0.2) is 8.78 Å². The van der Waals surface area contributed by atoms with Crippen molar-refractivity contribution < 1.29 is 18.3 Å². The van der Waals surface area contributed by atoms with Crippen LogP contribution in [0.1, 0.15) is 17.7 Å². The molecule has 0 unspecified atom stereocenters. The van der Waals surface area contributed by atoms with Gasteiger partial charge >= 0.3 is 5.97 Å². The van der Waals surface area contributed by atoms with E-state index in [0.29, 0.717) is 0 Å². The number of pyridine rings is 1. The highest BCUT2D eigenvalue weighted by Crippen LogP contribution is 2.18. The second kappa shape index (κ2) is 4.73. The number of carbonyl (C=O) groups is 1. The van der Waals surface area contributed by atoms with Gasteiger partial charge in [-0.1, -0.05) is 0 Å². The van der Waals surface area contributed by atoms with Crippen LogP contribution in [0, 0.1) is 0 Å². The Labute approximate surface area is 89.2 Å². The van der Waals surface area contributed by atoms with Gasteiger partial charge in [0.15, 0.2) is 0 Å². The number of nitrogens with two attached hydrogens (primary N) is 1. The summed E-state index contributed by atoms with van der Waals surface area (Å²) in [5, 5.41) is 0. The van der Waals surface area contributed by atoms with Crippen LogP contribution in [0.4, 0.5) is 14.5 Å². The third kappa shape index (κ3) is 2.56. The van der Waals surface area contributed by atoms with Crippen LogP contribution in [0.5, 0.6) is 0 Å². The lowest BCUT2D eigenvalue weighted by Gasteiger charge is -2.06. The molecule has 88 valence electrons. The number of nitrogens with one attached hydrogen (secondary N) is 1. The molecule has 1 aromatic heterocycles. The highest BCUT2D eigenvalue weighted by atomic mass is 19.3. The Morgan fingerprint density at radius 3 is 2.69 bits per heavy atom. The Balaban J connectivity index is 3.13. The van der Waals surface area contributed by atoms with E-state index in [1.54, 1.807) is 0 Å². The number of H-pyrrole nitrogens is 1. The zero-order valence-corrected chi connectivity index (χ0v) is 8.42. The first-order valence-corrected chi connectivity index (χ1v) is 4.32. The lowest BCUT2D eigenvalue weighted by Crippen LogP contribution is -2.21. The minimum Gasteiger partial charge on any atom is -0.469 e. The van der Waals surface area contributed by atoms with Gasteiger partial charge in [0.05, 0.1) is 24.8 Å². The summed E-state index contributed by atoms with van der Waals surface area (Å²) in [7, 11) is 1.15. The molecule has 0 radical (unpaired) electrons. The van der Waals surface area contributed by atoms with Gasteiger partial charge in [0.1, 0.15) is 0 Å². The molecule has 0 aliphatic heterocycles. The zero-order chi connectivity index (χ0) is 12.3. The highest BCUT2D eigenvalue weighted by molar-refractivity contribution is 5.74. The van der Waals surface area contributed by atoms with Crippen LogP contribution in [0.15, 0.2) is 10.9 Å². The fourth-order valence-corrected chi connectivity index (χ4v) is 1.14. The first kappa shape index (κ1) is 12.2. The number of anilines is 1. The molecule has 0 saturated heterocycles. The van der Waals surface area contributed by atoms with Crippen molar-refractivity contribution in [2.75, 3.05) is 12.8 Å². The molecule has 16 heavy (non-hydrogen) atoms. The Kier molecular flexibility index (Phi) is 3.60. The predicted octanol–water partition coefficient (Wildman–Crippen LogP) is 0.610. The summed E-state index contributed by atoms with van der Waals surface area (Å²) in [6.45, 7) is 0. The van der Waals surface area contributed by atoms with Crippen LogP contribution in [0.3, 0.4) is 0 Å². The molecule has 3 N–H and O–H groups in total. The summed E-state index contributed by atoms with van der Waals surface area (Å²) in [6.07, 6.45) is -3.16. The average Bonchev–Trinajstić information content (AvgIpc) is 2.22. The number of alkyl halides is 2. The normalized spacial score (nSPS) is 10.5. The Bertz CT molecular complexity index is 457. The SMILES string of the molecule is COC(=O)Cc1c(N)cc(C(F)F)[nH]c1=O. The molecule has 0 aliphatic carbocycles. The largest absolute Gasteiger partial charge is 0.469 e. The Morgan fingerprint density at radius 1 is 1.62 bits per heavy atom. The van der Waals surface area contributed by atoms with E-state index < -0.39 is 23.6 Å². The quantitative estimate of drug-likeness (QED) is 0.747. The van der Waals surface area contributed by atoms with Crippen molar-refractivity contribution in [2.24, 2.45) is 0 Å². The summed E-state index contributed by atoms with van der Waals surface area (Å²) in [5.74, 6) is -0.665. The lowest BCUT2D eigenvalue weighted by atomic mass is 10.1. The minimum absolute atomic E-state index is 0.0729. The molecule has 0 fully saturated rings. The monoisotopic (exact) mass is 232 g/mol. The van der Waals surface area contributed by atoms with Gasteiger partial charge in [0.25, 0.3) is 12.0 Å². The Morgan fingerprint density at radius 2 is 2.25 bits per heavy atom. The van der Waals surface area contributed by atoms with Crippen molar-refractivity contribution in [3.8, 4) is 0 Å². The number of aromatic amines is 1. The van der Waals surface area contributed by atoms with Gasteiger partial charge in [0, 0.05) is 5.69 Å². The van der Waals surface area contributed by atoms with E-state index >= 15 is 0 Å². The number of hydrogen-bond acceptors (Lipinski definition) is 4. The second-order valence-corrected chi connectivity index (χ2v) is 3.04. The molecule has 0 atom stereocenters. The summed E-state index contributed by atoms with van der Waals surface area (Å²) in [4.78, 5) is 24.2. The number of rotatable bonds is 3. The van der Waals surface area contributed by atoms with Crippen molar-refractivity contribution in [1.82, 2.24) is 4.98 Å². The van der Waals surface area contributed by atoms with Crippen LogP contribution < -0.4 is 11.3 Å². The van der Waals surface area contributed by atoms with Crippen LogP contribution in [0.2, 0.25) is 0 Å². The number of aromatic nitrogens is 1. The van der Waals surface area contributed by atoms with Gasteiger partial charge in [-0.3, -0.25) is 9.59 Å². The first-order chi connectivity index (χ1) is 7.45. The Hall–Kier alpha value is -1.92. The summed E-state index contributed by atoms with van der Waals surface area (Å²) >= 11 is 0. The molecule has 0 amide bonds. The van der Waals surface area contributed by atoms with Crippen LogP contribution in [0.25, 0.3) is 0 Å². The van der Waals surface area contributed by atoms with Gasteiger partial charge in [-0.05, 0) is 6.07 Å². The molecule has 5 nitrogen and oxygen atoms in total. The van der Waals surface area contributed by atoms with E-state index in [0.717, 1.165) is 13.2 Å². The molecule has 7 heteroatoms. The van der Waals surface area contributed by atoms with E-state index in [-0.39, 0.29) is 17.7 Å². The molecule has 0 aliphatic rings. The van der Waals surface area contributed by atoms with E-state index in [1.807, 2.05) is 4.98 Å². The van der Waals surface area contributed by atoms with E-state index in [2.05, 4.69) is 4.74 Å². The molecule has 0 bridgehead atoms. The fraction of sp³-hybridized carbons (Fsp3) is 0.333. The van der Waals surface area contributed by atoms with Gasteiger partial charge < -0.3 is 15.5 Å². The summed E-state index contributed by atoms with van der Waals surface area (Å²) < 4.78 is 28.9. The maximum atomic E-state index is 12.3. The van der Waals surface area contributed by atoms with Crippen molar-refractivity contribution in [1.29, 1.82) is 0 Å². The van der Waals surface area contributed by atoms with Crippen molar-refractivity contribution in [3.05, 3.63) is 27.7 Å². The number of ether oxygens (including phenoxy) is 1. The van der Waals surface area contributed by atoms with Crippen molar-refractivity contribution in [3.63, 3.8) is 0 Å².